The number of hydrogen-bond acceptors (Lipinski definition) is 9. The van der Waals surface area contributed by atoms with E-state index in [1.807, 2.05) is 42.5 Å². The van der Waals surface area contributed by atoms with Gasteiger partial charge in [0.2, 0.25) is 0 Å². The summed E-state index contributed by atoms with van der Waals surface area (Å²) in [5, 5.41) is 6.25. The van der Waals surface area contributed by atoms with E-state index in [-0.39, 0.29) is 21.1 Å². The second-order valence-electron chi connectivity index (χ2n) is 14.4. The first-order valence-corrected chi connectivity index (χ1v) is 20.0. The van der Waals surface area contributed by atoms with Crippen molar-refractivity contribution in [1.29, 1.82) is 5.26 Å². The van der Waals surface area contributed by atoms with Crippen LogP contribution < -0.4 is 19.6 Å². The largest absolute Gasteiger partial charge is 4.00 e. The van der Waals surface area contributed by atoms with E-state index in [1.165, 1.54) is 0 Å². The van der Waals surface area contributed by atoms with Crippen LogP contribution in [0.15, 0.2) is 201 Å². The molecule has 0 bridgehead atoms. The minimum Gasteiger partial charge on any atom is -0.512 e. The molecule has 0 amide bonds. The van der Waals surface area contributed by atoms with E-state index in [0.717, 1.165) is 78.9 Å². The molecule has 2 aliphatic heterocycles. The summed E-state index contributed by atoms with van der Waals surface area (Å²) in [6.45, 7) is 8.90. The summed E-state index contributed by atoms with van der Waals surface area (Å²) in [7, 11) is 0. The molecular weight excluding hydrogens is 958 g/mol. The number of nitrogens with zero attached hydrogens (tertiary/aromatic N) is 9. The Morgan fingerprint density at radius 3 is 0.921 bits per heavy atom. The first-order valence-electron chi connectivity index (χ1n) is 20.0. The van der Waals surface area contributed by atoms with Gasteiger partial charge in [0, 0.05) is 58.4 Å². The molecule has 4 heterocycles. The SMILES string of the molecule is [C-]#N.[Pt+4].[c-]1c(N2[CH-]N(c3c(-c4ccccc4)cccc3-c3ccccc3)c3nccnc32)cccc1N1[CH-]N(c2c(-c3ccccc3)cccc2-c2ccccc2)c2nccnc21. The fourth-order valence-corrected chi connectivity index (χ4v) is 8.19. The molecule has 0 saturated carbocycles. The fraction of sp³-hybridized carbons (Fsp3) is 0. The van der Waals surface area contributed by atoms with Gasteiger partial charge in [0.15, 0.2) is 0 Å². The van der Waals surface area contributed by atoms with Crippen LogP contribution in [0.2, 0.25) is 0 Å². The summed E-state index contributed by atoms with van der Waals surface area (Å²) in [6, 6.07) is 64.7. The zero-order valence-electron chi connectivity index (χ0n) is 33.5. The predicted octanol–water partition coefficient (Wildman–Crippen LogP) is 12.6. The summed E-state index contributed by atoms with van der Waals surface area (Å²) in [5.41, 5.74) is 12.4. The number of rotatable bonds is 8. The number of aromatic nitrogens is 4. The van der Waals surface area contributed by atoms with Crippen molar-refractivity contribution in [2.24, 2.45) is 0 Å². The molecule has 2 aromatic heterocycles. The second kappa shape index (κ2) is 18.0. The maximum atomic E-state index is 6.25. The Hall–Kier alpha value is -7.92. The topological polar surface area (TPSA) is 88.3 Å². The van der Waals surface area contributed by atoms with Crippen LogP contribution in [0.25, 0.3) is 44.5 Å². The first kappa shape index (κ1) is 40.5. The molecule has 7 aromatic carbocycles. The zero-order valence-corrected chi connectivity index (χ0v) is 35.8. The molecular formula is C53H35N9Pt. The van der Waals surface area contributed by atoms with E-state index in [4.69, 9.17) is 31.8 Å². The molecule has 9 nitrogen and oxygen atoms in total. The molecule has 0 N–H and O–H groups in total. The van der Waals surface area contributed by atoms with Gasteiger partial charge >= 0.3 is 21.1 Å². The molecule has 0 aliphatic carbocycles. The molecule has 0 atom stereocenters. The monoisotopic (exact) mass is 992 g/mol. The van der Waals surface area contributed by atoms with Crippen LogP contribution in [-0.2, 0) is 21.1 Å². The van der Waals surface area contributed by atoms with Gasteiger partial charge in [-0.3, -0.25) is 0 Å². The van der Waals surface area contributed by atoms with E-state index in [2.05, 4.69) is 172 Å². The number of hydrogen-bond donors (Lipinski definition) is 0. The molecule has 63 heavy (non-hydrogen) atoms. The maximum Gasteiger partial charge on any atom is 4.00 e. The molecule has 11 rings (SSSR count). The van der Waals surface area contributed by atoms with E-state index < -0.39 is 0 Å². The summed E-state index contributed by atoms with van der Waals surface area (Å²) in [6.07, 6.45) is 6.97. The van der Waals surface area contributed by atoms with Gasteiger partial charge in [0.25, 0.3) is 0 Å². The van der Waals surface area contributed by atoms with E-state index in [9.17, 15) is 0 Å². The second-order valence-corrected chi connectivity index (χ2v) is 14.4. The Morgan fingerprint density at radius 2 is 0.619 bits per heavy atom. The van der Waals surface area contributed by atoms with Gasteiger partial charge in [-0.15, -0.1) is 42.9 Å². The van der Waals surface area contributed by atoms with Crippen molar-refractivity contribution in [1.82, 2.24) is 19.9 Å². The predicted molar refractivity (Wildman–Crippen MR) is 246 cm³/mol. The van der Waals surface area contributed by atoms with Crippen LogP contribution in [-0.4, -0.2) is 19.9 Å². The van der Waals surface area contributed by atoms with Gasteiger partial charge in [-0.1, -0.05) is 158 Å². The molecule has 0 saturated heterocycles. The van der Waals surface area contributed by atoms with Gasteiger partial charge in [-0.2, -0.15) is 6.07 Å². The summed E-state index contributed by atoms with van der Waals surface area (Å²) in [4.78, 5) is 28.1. The van der Waals surface area contributed by atoms with Crippen LogP contribution in [0.3, 0.4) is 0 Å². The van der Waals surface area contributed by atoms with Gasteiger partial charge in [0.05, 0.1) is 0 Å². The molecule has 10 heteroatoms. The average Bonchev–Trinajstić information content (AvgIpc) is 3.95. The Morgan fingerprint density at radius 1 is 0.349 bits per heavy atom. The van der Waals surface area contributed by atoms with Gasteiger partial charge in [-0.25, -0.2) is 19.9 Å². The van der Waals surface area contributed by atoms with Crippen LogP contribution in [0.1, 0.15) is 0 Å². The van der Waals surface area contributed by atoms with E-state index in [0.29, 0.717) is 11.6 Å². The molecule has 2 aliphatic rings. The smallest absolute Gasteiger partial charge is 0.512 e. The van der Waals surface area contributed by atoms with Crippen LogP contribution in [0.5, 0.6) is 0 Å². The standard InChI is InChI=1S/C52H35N8.CN.Pt/c1-5-16-37(17-6-1)43-26-14-27-44(38-18-7-2-8-19-38)47(43)59-35-57(49-51(59)55-32-30-53-49)41-24-13-25-42(34-41)58-36-60(52-50(58)54-31-33-56-52)48-45(39-20-9-3-10-21-39)28-15-29-46(48)40-22-11-4-12-23-40;1-2;/h1-33,35-36H;;/q-3;-1;+4. The summed E-state index contributed by atoms with van der Waals surface area (Å²) < 4.78 is 0. The van der Waals surface area contributed by atoms with Crippen molar-refractivity contribution in [3.8, 4) is 44.5 Å². The van der Waals surface area contributed by atoms with Crippen LogP contribution >= 0.6 is 0 Å². The minimum atomic E-state index is 0. The quantitative estimate of drug-likeness (QED) is 0.138. The van der Waals surface area contributed by atoms with Crippen molar-refractivity contribution in [2.45, 2.75) is 0 Å². The zero-order chi connectivity index (χ0) is 41.8. The third-order valence-corrected chi connectivity index (χ3v) is 10.9. The summed E-state index contributed by atoms with van der Waals surface area (Å²) >= 11 is 0. The van der Waals surface area contributed by atoms with Crippen molar-refractivity contribution in [3.63, 3.8) is 0 Å². The minimum absolute atomic E-state index is 0. The third-order valence-electron chi connectivity index (χ3n) is 10.9. The number of para-hydroxylation sites is 2. The van der Waals surface area contributed by atoms with Crippen molar-refractivity contribution in [2.75, 3.05) is 19.6 Å². The van der Waals surface area contributed by atoms with Gasteiger partial charge in [-0.05, 0) is 22.3 Å². The Balaban J connectivity index is 0.00000166. The fourth-order valence-electron chi connectivity index (χ4n) is 8.19. The van der Waals surface area contributed by atoms with Crippen LogP contribution in [0.4, 0.5) is 46.0 Å². The van der Waals surface area contributed by atoms with Crippen molar-refractivity contribution < 1.29 is 21.1 Å². The average molecular weight is 993 g/mol. The van der Waals surface area contributed by atoms with Crippen molar-refractivity contribution in [3.05, 3.63) is 227 Å². The van der Waals surface area contributed by atoms with E-state index in [1.54, 1.807) is 24.8 Å². The molecule has 0 fully saturated rings. The van der Waals surface area contributed by atoms with Gasteiger partial charge in [0.1, 0.15) is 23.3 Å². The third kappa shape index (κ3) is 7.47. The van der Waals surface area contributed by atoms with Crippen LogP contribution in [0, 0.1) is 31.2 Å². The molecule has 302 valence electrons. The Bertz CT molecular complexity index is 2710. The number of benzene rings is 7. The summed E-state index contributed by atoms with van der Waals surface area (Å²) in [5.74, 6) is 2.84. The molecule has 0 spiro atoms. The normalized spacial score (nSPS) is 12.5. The molecule has 0 unspecified atom stereocenters. The van der Waals surface area contributed by atoms with E-state index >= 15 is 0 Å². The van der Waals surface area contributed by atoms with Gasteiger partial charge < -0.3 is 31.4 Å². The molecule has 9 aromatic rings. The van der Waals surface area contributed by atoms with Crippen molar-refractivity contribution >= 4 is 46.0 Å². The number of fused-ring (bicyclic) bond motifs is 2. The molecule has 0 radical (unpaired) electrons. The number of anilines is 8. The Labute approximate surface area is 381 Å². The first-order chi connectivity index (χ1) is 30.8. The Kier molecular flexibility index (Phi) is 11.5. The maximum absolute atomic E-state index is 6.25.